The van der Waals surface area contributed by atoms with E-state index in [9.17, 15) is 14.9 Å². The van der Waals surface area contributed by atoms with E-state index in [2.05, 4.69) is 15.5 Å². The molecule has 1 N–H and O–H groups in total. The molecule has 0 atom stereocenters. The number of hydrazone groups is 1. The van der Waals surface area contributed by atoms with E-state index in [1.54, 1.807) is 29.7 Å². The third kappa shape index (κ3) is 2.92. The van der Waals surface area contributed by atoms with Crippen molar-refractivity contribution >= 4 is 23.5 Å². The van der Waals surface area contributed by atoms with Gasteiger partial charge in [-0.1, -0.05) is 6.07 Å². The molecule has 136 valence electrons. The molecule has 3 aromatic rings. The van der Waals surface area contributed by atoms with Crippen molar-refractivity contribution in [2.45, 2.75) is 6.92 Å². The highest BCUT2D eigenvalue weighted by Crippen LogP contribution is 2.37. The van der Waals surface area contributed by atoms with Crippen molar-refractivity contribution in [3.05, 3.63) is 63.6 Å². The molecule has 2 aromatic heterocycles. The molecule has 0 saturated heterocycles. The number of carbonyl (C=O) groups excluding carboxylic acids is 1. The molecule has 4 rings (SSSR count). The van der Waals surface area contributed by atoms with Gasteiger partial charge in [-0.25, -0.2) is 10.4 Å². The van der Waals surface area contributed by atoms with Crippen LogP contribution in [-0.4, -0.2) is 33.2 Å². The molecule has 27 heavy (non-hydrogen) atoms. The Bertz CT molecular complexity index is 1100. The number of nitro groups is 1. The van der Waals surface area contributed by atoms with Gasteiger partial charge in [0.15, 0.2) is 11.5 Å². The van der Waals surface area contributed by atoms with Crippen molar-refractivity contribution in [2.75, 3.05) is 6.79 Å². The highest BCUT2D eigenvalue weighted by Gasteiger charge is 2.22. The van der Waals surface area contributed by atoms with Crippen LogP contribution in [0.4, 0.5) is 5.69 Å². The SMILES string of the molecule is Cc1nc2ccccn2c1C(=O)N/N=C\c1cc2c(cc1[N+](=O)[O-])OCO2. The van der Waals surface area contributed by atoms with Crippen molar-refractivity contribution in [3.63, 3.8) is 0 Å². The molecular weight excluding hydrogens is 354 g/mol. The number of nitrogens with one attached hydrogen (secondary N) is 1. The first-order chi connectivity index (χ1) is 13.0. The Labute approximate surface area is 152 Å². The number of rotatable bonds is 4. The predicted molar refractivity (Wildman–Crippen MR) is 94.2 cm³/mol. The maximum absolute atomic E-state index is 12.5. The maximum atomic E-state index is 12.5. The first-order valence-corrected chi connectivity index (χ1v) is 7.89. The number of pyridine rings is 1. The third-order valence-corrected chi connectivity index (χ3v) is 4.01. The van der Waals surface area contributed by atoms with Gasteiger partial charge in [0.25, 0.3) is 11.6 Å². The number of hydrogen-bond donors (Lipinski definition) is 1. The number of hydrogen-bond acceptors (Lipinski definition) is 7. The standard InChI is InChI=1S/C17H13N5O5/c1-10-16(21-5-3-2-4-15(21)19-10)17(23)20-18-8-11-6-13-14(27-9-26-13)7-12(11)22(24)25/h2-8H,9H2,1H3,(H,20,23)/b18-8-. The summed E-state index contributed by atoms with van der Waals surface area (Å²) in [6.45, 7) is 1.71. The number of fused-ring (bicyclic) bond motifs is 2. The minimum atomic E-state index is -0.556. The normalized spacial score (nSPS) is 12.6. The lowest BCUT2D eigenvalue weighted by molar-refractivity contribution is -0.385. The van der Waals surface area contributed by atoms with E-state index in [1.165, 1.54) is 18.3 Å². The molecule has 10 heteroatoms. The van der Waals surface area contributed by atoms with Crippen LogP contribution in [0.1, 0.15) is 21.7 Å². The van der Waals surface area contributed by atoms with Crippen LogP contribution in [0, 0.1) is 17.0 Å². The fourth-order valence-corrected chi connectivity index (χ4v) is 2.81. The van der Waals surface area contributed by atoms with Crippen LogP contribution in [0.2, 0.25) is 0 Å². The molecule has 1 aliphatic rings. The van der Waals surface area contributed by atoms with E-state index in [0.717, 1.165) is 0 Å². The molecule has 1 amide bonds. The molecule has 0 radical (unpaired) electrons. The van der Waals surface area contributed by atoms with Crippen LogP contribution in [-0.2, 0) is 0 Å². The fraction of sp³-hybridized carbons (Fsp3) is 0.118. The molecule has 0 aliphatic carbocycles. The number of carbonyl (C=O) groups is 1. The molecule has 0 bridgehead atoms. The van der Waals surface area contributed by atoms with Crippen LogP contribution >= 0.6 is 0 Å². The summed E-state index contributed by atoms with van der Waals surface area (Å²) in [6.07, 6.45) is 2.91. The van der Waals surface area contributed by atoms with Crippen molar-refractivity contribution in [1.82, 2.24) is 14.8 Å². The van der Waals surface area contributed by atoms with Gasteiger partial charge in [-0.2, -0.15) is 5.10 Å². The Morgan fingerprint density at radius 1 is 1.37 bits per heavy atom. The third-order valence-electron chi connectivity index (χ3n) is 4.01. The Morgan fingerprint density at radius 3 is 2.93 bits per heavy atom. The number of nitrogens with zero attached hydrogens (tertiary/aromatic N) is 4. The lowest BCUT2D eigenvalue weighted by Gasteiger charge is -2.02. The predicted octanol–water partition coefficient (Wildman–Crippen LogP) is 2.04. The van der Waals surface area contributed by atoms with Gasteiger partial charge in [0.2, 0.25) is 6.79 Å². The summed E-state index contributed by atoms with van der Waals surface area (Å²) in [5.41, 5.74) is 3.87. The molecule has 1 aliphatic heterocycles. The molecule has 0 unspecified atom stereocenters. The zero-order valence-electron chi connectivity index (χ0n) is 14.1. The van der Waals surface area contributed by atoms with Gasteiger partial charge in [-0.15, -0.1) is 0 Å². The van der Waals surface area contributed by atoms with Gasteiger partial charge in [-0.3, -0.25) is 19.3 Å². The van der Waals surface area contributed by atoms with Gasteiger partial charge >= 0.3 is 0 Å². The van der Waals surface area contributed by atoms with E-state index >= 15 is 0 Å². The van der Waals surface area contributed by atoms with Crippen molar-refractivity contribution in [2.24, 2.45) is 5.10 Å². The summed E-state index contributed by atoms with van der Waals surface area (Å²) in [5.74, 6) is 0.195. The molecule has 0 saturated carbocycles. The lowest BCUT2D eigenvalue weighted by atomic mass is 10.1. The Hall–Kier alpha value is -3.95. The zero-order chi connectivity index (χ0) is 19.0. The smallest absolute Gasteiger partial charge is 0.290 e. The maximum Gasteiger partial charge on any atom is 0.290 e. The van der Waals surface area contributed by atoms with E-state index in [1.807, 2.05) is 6.07 Å². The minimum Gasteiger partial charge on any atom is -0.454 e. The molecule has 10 nitrogen and oxygen atoms in total. The number of aryl methyl sites for hydroxylation is 1. The quantitative estimate of drug-likeness (QED) is 0.428. The number of benzene rings is 1. The molecule has 1 aromatic carbocycles. The van der Waals surface area contributed by atoms with Crippen LogP contribution in [0.15, 0.2) is 41.6 Å². The highest BCUT2D eigenvalue weighted by molar-refractivity contribution is 5.95. The van der Waals surface area contributed by atoms with E-state index in [-0.39, 0.29) is 18.0 Å². The van der Waals surface area contributed by atoms with Crippen molar-refractivity contribution in [3.8, 4) is 11.5 Å². The average Bonchev–Trinajstić information content (AvgIpc) is 3.23. The summed E-state index contributed by atoms with van der Waals surface area (Å²) in [4.78, 5) is 27.5. The van der Waals surface area contributed by atoms with Crippen LogP contribution in [0.3, 0.4) is 0 Å². The molecule has 0 spiro atoms. The van der Waals surface area contributed by atoms with E-state index < -0.39 is 10.8 Å². The monoisotopic (exact) mass is 367 g/mol. The summed E-state index contributed by atoms with van der Waals surface area (Å²) in [6, 6.07) is 8.09. The Balaban J connectivity index is 1.60. The lowest BCUT2D eigenvalue weighted by Crippen LogP contribution is -2.20. The molecule has 0 fully saturated rings. The van der Waals surface area contributed by atoms with Gasteiger partial charge in [0.1, 0.15) is 11.3 Å². The number of imidazole rings is 1. The van der Waals surface area contributed by atoms with Crippen molar-refractivity contribution < 1.29 is 19.2 Å². The Morgan fingerprint density at radius 2 is 2.15 bits per heavy atom. The number of amides is 1. The summed E-state index contributed by atoms with van der Waals surface area (Å²) < 4.78 is 12.0. The second-order valence-corrected chi connectivity index (χ2v) is 5.70. The van der Waals surface area contributed by atoms with Gasteiger partial charge < -0.3 is 9.47 Å². The van der Waals surface area contributed by atoms with Crippen LogP contribution < -0.4 is 14.9 Å². The second kappa shape index (κ2) is 6.41. The number of nitro benzene ring substituents is 1. The van der Waals surface area contributed by atoms with Gasteiger partial charge in [0, 0.05) is 6.20 Å². The van der Waals surface area contributed by atoms with E-state index in [4.69, 9.17) is 9.47 Å². The Kier molecular flexibility index (Phi) is 3.92. The van der Waals surface area contributed by atoms with Crippen LogP contribution in [0.25, 0.3) is 5.65 Å². The fourth-order valence-electron chi connectivity index (χ4n) is 2.81. The van der Waals surface area contributed by atoms with E-state index in [0.29, 0.717) is 28.5 Å². The van der Waals surface area contributed by atoms with Crippen LogP contribution in [0.5, 0.6) is 11.5 Å². The van der Waals surface area contributed by atoms with Gasteiger partial charge in [-0.05, 0) is 25.1 Å². The minimum absolute atomic E-state index is 0.00260. The first kappa shape index (κ1) is 16.5. The average molecular weight is 367 g/mol. The molecule has 3 heterocycles. The summed E-state index contributed by atoms with van der Waals surface area (Å²) >= 11 is 0. The molecular formula is C17H13N5O5. The van der Waals surface area contributed by atoms with Gasteiger partial charge in [0.05, 0.1) is 28.5 Å². The first-order valence-electron chi connectivity index (χ1n) is 7.89. The largest absolute Gasteiger partial charge is 0.454 e. The summed E-state index contributed by atoms with van der Waals surface area (Å²) in [5, 5.41) is 15.1. The number of ether oxygens (including phenoxy) is 2. The summed E-state index contributed by atoms with van der Waals surface area (Å²) in [7, 11) is 0. The number of aromatic nitrogens is 2. The van der Waals surface area contributed by atoms with Crippen molar-refractivity contribution in [1.29, 1.82) is 0 Å². The highest BCUT2D eigenvalue weighted by atomic mass is 16.7. The topological polar surface area (TPSA) is 120 Å². The second-order valence-electron chi connectivity index (χ2n) is 5.70. The zero-order valence-corrected chi connectivity index (χ0v) is 14.1.